The van der Waals surface area contributed by atoms with Crippen LogP contribution in [0.1, 0.15) is 49.3 Å². The van der Waals surface area contributed by atoms with Gasteiger partial charge in [0.2, 0.25) is 0 Å². The lowest BCUT2D eigenvalue weighted by atomic mass is 9.81. The summed E-state index contributed by atoms with van der Waals surface area (Å²) in [6, 6.07) is 1.79. The molecule has 0 atom stereocenters. The highest BCUT2D eigenvalue weighted by molar-refractivity contribution is 5.94. The van der Waals surface area contributed by atoms with E-state index in [1.54, 1.807) is 13.0 Å². The first-order valence-electron chi connectivity index (χ1n) is 6.60. The van der Waals surface area contributed by atoms with Gasteiger partial charge in [-0.15, -0.1) is 0 Å². The van der Waals surface area contributed by atoms with Crippen molar-refractivity contribution in [2.24, 2.45) is 11.3 Å². The lowest BCUT2D eigenvalue weighted by molar-refractivity contribution is 0.0696. The number of hydrogen-bond donors (Lipinski definition) is 2. The highest BCUT2D eigenvalue weighted by Crippen LogP contribution is 2.27. The monoisotopic (exact) mass is 264 g/mol. The van der Waals surface area contributed by atoms with Gasteiger partial charge < -0.3 is 10.4 Å². The number of carboxylic acid groups (broad SMARTS) is 1. The Balaban J connectivity index is 3.04. The Morgan fingerprint density at radius 3 is 2.47 bits per heavy atom. The number of pyridine rings is 1. The van der Waals surface area contributed by atoms with Crippen LogP contribution in [0.2, 0.25) is 0 Å². The van der Waals surface area contributed by atoms with Crippen molar-refractivity contribution in [3.8, 4) is 0 Å². The summed E-state index contributed by atoms with van der Waals surface area (Å²) in [5.41, 5.74) is 1.91. The molecule has 106 valence electrons. The first-order chi connectivity index (χ1) is 8.65. The topological polar surface area (TPSA) is 62.2 Å². The molecule has 0 aliphatic carbocycles. The molecule has 0 fully saturated rings. The van der Waals surface area contributed by atoms with E-state index in [1.165, 1.54) is 0 Å². The maximum Gasteiger partial charge on any atom is 0.339 e. The number of aryl methyl sites for hydroxylation is 2. The van der Waals surface area contributed by atoms with E-state index in [-0.39, 0.29) is 11.0 Å². The van der Waals surface area contributed by atoms with Gasteiger partial charge in [-0.1, -0.05) is 27.7 Å². The van der Waals surface area contributed by atoms with E-state index in [0.29, 0.717) is 18.3 Å². The molecule has 19 heavy (non-hydrogen) atoms. The van der Waals surface area contributed by atoms with Crippen LogP contribution in [0.5, 0.6) is 0 Å². The summed E-state index contributed by atoms with van der Waals surface area (Å²) in [5.74, 6) is 0.0350. The zero-order chi connectivity index (χ0) is 14.8. The summed E-state index contributed by atoms with van der Waals surface area (Å²) < 4.78 is 0. The number of nitrogens with one attached hydrogen (secondary N) is 1. The number of aromatic nitrogens is 1. The Morgan fingerprint density at radius 1 is 1.42 bits per heavy atom. The van der Waals surface area contributed by atoms with Crippen molar-refractivity contribution in [3.05, 3.63) is 22.9 Å². The molecule has 0 aromatic carbocycles. The molecule has 4 heteroatoms. The van der Waals surface area contributed by atoms with Crippen LogP contribution in [0.3, 0.4) is 0 Å². The van der Waals surface area contributed by atoms with Crippen molar-refractivity contribution in [3.63, 3.8) is 0 Å². The summed E-state index contributed by atoms with van der Waals surface area (Å²) in [6.45, 7) is 13.0. The molecule has 0 aliphatic heterocycles. The Morgan fingerprint density at radius 2 is 2.00 bits per heavy atom. The van der Waals surface area contributed by atoms with Gasteiger partial charge in [-0.2, -0.15) is 0 Å². The zero-order valence-corrected chi connectivity index (χ0v) is 12.7. The first-order valence-corrected chi connectivity index (χ1v) is 6.60. The van der Waals surface area contributed by atoms with Crippen molar-refractivity contribution in [2.75, 3.05) is 11.9 Å². The van der Waals surface area contributed by atoms with Crippen LogP contribution in [-0.2, 0) is 0 Å². The minimum absolute atomic E-state index is 0.0785. The molecule has 1 aromatic heterocycles. The minimum atomic E-state index is -0.935. The number of anilines is 1. The fraction of sp³-hybridized carbons (Fsp3) is 0.600. The van der Waals surface area contributed by atoms with E-state index >= 15 is 0 Å². The molecule has 0 bridgehead atoms. The smallest absolute Gasteiger partial charge is 0.339 e. The number of aromatic carboxylic acids is 1. The average Bonchev–Trinajstić information content (AvgIpc) is 2.24. The van der Waals surface area contributed by atoms with Gasteiger partial charge in [-0.05, 0) is 36.8 Å². The highest BCUT2D eigenvalue weighted by Gasteiger charge is 2.24. The molecule has 0 saturated carbocycles. The number of carbonyl (C=O) groups is 1. The van der Waals surface area contributed by atoms with Crippen LogP contribution in [0.4, 0.5) is 5.82 Å². The van der Waals surface area contributed by atoms with Crippen molar-refractivity contribution in [2.45, 2.75) is 41.5 Å². The summed E-state index contributed by atoms with van der Waals surface area (Å²) in [6.07, 6.45) is 0. The maximum absolute atomic E-state index is 11.3. The average molecular weight is 264 g/mol. The third kappa shape index (κ3) is 3.69. The molecule has 0 unspecified atom stereocenters. The van der Waals surface area contributed by atoms with Crippen LogP contribution < -0.4 is 5.32 Å². The third-order valence-corrected chi connectivity index (χ3v) is 3.83. The van der Waals surface area contributed by atoms with Gasteiger partial charge in [-0.25, -0.2) is 9.78 Å². The predicted molar refractivity (Wildman–Crippen MR) is 77.8 cm³/mol. The van der Waals surface area contributed by atoms with Gasteiger partial charge in [0.25, 0.3) is 0 Å². The molecule has 0 saturated heterocycles. The molecule has 0 aliphatic rings. The van der Waals surface area contributed by atoms with E-state index < -0.39 is 5.97 Å². The standard InChI is InChI=1S/C15H24N2O2/c1-9(2)15(5,6)8-16-13-12(14(18)19)10(3)7-11(4)17-13/h7,9H,8H2,1-6H3,(H,16,17)(H,18,19). The number of hydrogen-bond acceptors (Lipinski definition) is 3. The van der Waals surface area contributed by atoms with E-state index in [4.69, 9.17) is 0 Å². The van der Waals surface area contributed by atoms with Gasteiger partial charge in [0.1, 0.15) is 11.4 Å². The molecule has 4 nitrogen and oxygen atoms in total. The fourth-order valence-electron chi connectivity index (χ4n) is 1.75. The maximum atomic E-state index is 11.3. The van der Waals surface area contributed by atoms with Crippen molar-refractivity contribution >= 4 is 11.8 Å². The molecule has 1 rings (SSSR count). The van der Waals surface area contributed by atoms with Crippen molar-refractivity contribution in [1.82, 2.24) is 4.98 Å². The summed E-state index contributed by atoms with van der Waals surface area (Å²) in [5, 5.41) is 12.5. The molecule has 0 spiro atoms. The van der Waals surface area contributed by atoms with Crippen LogP contribution in [0.15, 0.2) is 6.07 Å². The van der Waals surface area contributed by atoms with E-state index in [1.807, 2.05) is 6.92 Å². The summed E-state index contributed by atoms with van der Waals surface area (Å²) in [4.78, 5) is 15.7. The SMILES string of the molecule is Cc1cc(C)c(C(=O)O)c(NCC(C)(C)C(C)C)n1. The second-order valence-corrected chi connectivity index (χ2v) is 6.11. The lowest BCUT2D eigenvalue weighted by Crippen LogP contribution is -2.29. The van der Waals surface area contributed by atoms with Gasteiger partial charge in [0.05, 0.1) is 0 Å². The molecule has 1 aromatic rings. The normalized spacial score (nSPS) is 11.7. The number of nitrogens with zero attached hydrogens (tertiary/aromatic N) is 1. The first kappa shape index (κ1) is 15.5. The van der Waals surface area contributed by atoms with Crippen LogP contribution in [-0.4, -0.2) is 22.6 Å². The second kappa shape index (κ2) is 5.59. The van der Waals surface area contributed by atoms with E-state index in [0.717, 1.165) is 11.3 Å². The lowest BCUT2D eigenvalue weighted by Gasteiger charge is -2.30. The Kier molecular flexibility index (Phi) is 4.56. The Hall–Kier alpha value is -1.58. The highest BCUT2D eigenvalue weighted by atomic mass is 16.4. The third-order valence-electron chi connectivity index (χ3n) is 3.83. The summed E-state index contributed by atoms with van der Waals surface area (Å²) in [7, 11) is 0. The van der Waals surface area contributed by atoms with Gasteiger partial charge in [0, 0.05) is 12.2 Å². The Labute approximate surface area is 115 Å². The van der Waals surface area contributed by atoms with Gasteiger partial charge in [-0.3, -0.25) is 0 Å². The predicted octanol–water partition coefficient (Wildman–Crippen LogP) is 3.49. The second-order valence-electron chi connectivity index (χ2n) is 6.11. The Bertz CT molecular complexity index is 479. The van der Waals surface area contributed by atoms with Crippen molar-refractivity contribution < 1.29 is 9.90 Å². The molecule has 2 N–H and O–H groups in total. The van der Waals surface area contributed by atoms with Gasteiger partial charge in [0.15, 0.2) is 0 Å². The zero-order valence-electron chi connectivity index (χ0n) is 12.7. The van der Waals surface area contributed by atoms with Crippen LogP contribution in [0, 0.1) is 25.2 Å². The summed E-state index contributed by atoms with van der Waals surface area (Å²) >= 11 is 0. The number of carboxylic acids is 1. The number of rotatable bonds is 5. The van der Waals surface area contributed by atoms with Crippen LogP contribution >= 0.6 is 0 Å². The van der Waals surface area contributed by atoms with Gasteiger partial charge >= 0.3 is 5.97 Å². The van der Waals surface area contributed by atoms with Crippen LogP contribution in [0.25, 0.3) is 0 Å². The van der Waals surface area contributed by atoms with E-state index in [9.17, 15) is 9.90 Å². The molecule has 0 radical (unpaired) electrons. The largest absolute Gasteiger partial charge is 0.478 e. The van der Waals surface area contributed by atoms with Crippen molar-refractivity contribution in [1.29, 1.82) is 0 Å². The molecular formula is C15H24N2O2. The van der Waals surface area contributed by atoms with E-state index in [2.05, 4.69) is 38.0 Å². The quantitative estimate of drug-likeness (QED) is 0.854. The fourth-order valence-corrected chi connectivity index (χ4v) is 1.75. The molecule has 1 heterocycles. The minimum Gasteiger partial charge on any atom is -0.478 e. The molecular weight excluding hydrogens is 240 g/mol. The molecule has 0 amide bonds.